The molecule has 2 nitrogen and oxygen atoms in total. The van der Waals surface area contributed by atoms with Gasteiger partial charge in [0, 0.05) is 50.3 Å². The molecule has 0 aromatic rings. The molecule has 0 aromatic heterocycles. The highest BCUT2D eigenvalue weighted by Gasteiger charge is 1.92. The summed E-state index contributed by atoms with van der Waals surface area (Å²) < 4.78 is 5.01. The lowest BCUT2D eigenvalue weighted by molar-refractivity contribution is 0.109. The molecule has 1 aliphatic heterocycles. The van der Waals surface area contributed by atoms with E-state index in [1.807, 2.05) is 0 Å². The highest BCUT2D eigenvalue weighted by atomic mass is 128. The van der Waals surface area contributed by atoms with Crippen molar-refractivity contribution in [1.29, 1.82) is 0 Å². The second kappa shape index (κ2) is 8.38. The zero-order valence-corrected chi connectivity index (χ0v) is 8.81. The Hall–Kier alpha value is 1.38. The van der Waals surface area contributed by atoms with Crippen LogP contribution >= 0.6 is 37.2 Å². The number of hydrogen-bond acceptors (Lipinski definition) is 2. The van der Waals surface area contributed by atoms with Gasteiger partial charge in [0.2, 0.25) is 0 Å². The van der Waals surface area contributed by atoms with Crippen LogP contribution in [0.3, 0.4) is 0 Å². The van der Waals surface area contributed by atoms with Gasteiger partial charge in [-0.15, -0.1) is 0 Å². The quantitative estimate of drug-likeness (QED) is 0.673. The molecule has 1 saturated heterocycles. The van der Waals surface area contributed by atoms with Crippen molar-refractivity contribution in [3.63, 3.8) is 0 Å². The summed E-state index contributed by atoms with van der Waals surface area (Å²) in [6, 6.07) is 0. The zero-order valence-electron chi connectivity index (χ0n) is 4.49. The Kier molecular flexibility index (Phi) is 9.83. The predicted octanol–water partition coefficient (Wildman–Crippen LogP) is 1.38. The van der Waals surface area contributed by atoms with E-state index < -0.39 is 0 Å². The van der Waals surface area contributed by atoms with Gasteiger partial charge in [-0.3, -0.25) is 0 Å². The molecule has 0 spiro atoms. The average molecular weight is 341 g/mol. The van der Waals surface area contributed by atoms with E-state index in [-0.39, 0.29) is 0 Å². The molecule has 0 unspecified atom stereocenters. The van der Waals surface area contributed by atoms with E-state index in [1.54, 1.807) is 0 Å². The summed E-state index contributed by atoms with van der Waals surface area (Å²) in [7, 11) is 0. The number of halogens is 2. The second-order valence-electron chi connectivity index (χ2n) is 1.36. The van der Waals surface area contributed by atoms with Gasteiger partial charge in [0.05, 0.1) is 13.2 Å². The maximum Gasteiger partial charge on any atom is 0.0591 e. The van der Waals surface area contributed by atoms with E-state index in [0.29, 0.717) is 0 Å². The topological polar surface area (TPSA) is 21.3 Å². The number of ether oxygens (including phenoxy) is 1. The van der Waals surface area contributed by atoms with Crippen molar-refractivity contribution < 1.29 is 4.74 Å². The van der Waals surface area contributed by atoms with Crippen molar-refractivity contribution in [1.82, 2.24) is 5.32 Å². The van der Waals surface area contributed by atoms with E-state index in [4.69, 9.17) is 4.74 Å². The van der Waals surface area contributed by atoms with Crippen LogP contribution in [-0.4, -0.2) is 26.3 Å². The van der Waals surface area contributed by atoms with Crippen molar-refractivity contribution in [3.05, 3.63) is 0 Å². The SMILES string of the molecule is C1COCCN1.II. The van der Waals surface area contributed by atoms with Crippen LogP contribution in [0, 0.1) is 0 Å². The molecule has 1 fully saturated rings. The second-order valence-corrected chi connectivity index (χ2v) is 1.36. The summed E-state index contributed by atoms with van der Waals surface area (Å²) in [5, 5.41) is 3.16. The molecule has 0 bridgehead atoms. The molecule has 0 radical (unpaired) electrons. The van der Waals surface area contributed by atoms with Gasteiger partial charge >= 0.3 is 0 Å². The fourth-order valence-corrected chi connectivity index (χ4v) is 0.516. The van der Waals surface area contributed by atoms with Crippen molar-refractivity contribution >= 4 is 37.2 Å². The first-order chi connectivity index (χ1) is 4.00. The molecule has 0 amide bonds. The third-order valence-electron chi connectivity index (χ3n) is 0.846. The van der Waals surface area contributed by atoms with Crippen molar-refractivity contribution in [2.75, 3.05) is 26.3 Å². The minimum Gasteiger partial charge on any atom is -0.379 e. The monoisotopic (exact) mass is 341 g/mol. The Morgan fingerprint density at radius 2 is 1.62 bits per heavy atom. The first-order valence-corrected chi connectivity index (χ1v) is 8.71. The highest BCUT2D eigenvalue weighted by molar-refractivity contribution is 15.0. The van der Waals surface area contributed by atoms with Gasteiger partial charge in [0.15, 0.2) is 0 Å². The molecule has 1 aliphatic rings. The predicted molar refractivity (Wildman–Crippen MR) is 51.7 cm³/mol. The standard InChI is InChI=1S/C4H9NO.I2/c1-3-6-4-2-5-1;1-2/h5H,1-4H2;. The van der Waals surface area contributed by atoms with Crippen LogP contribution < -0.4 is 5.32 Å². The summed E-state index contributed by atoms with van der Waals surface area (Å²) in [5.74, 6) is 0. The molecule has 50 valence electrons. The van der Waals surface area contributed by atoms with Crippen LogP contribution in [0.4, 0.5) is 0 Å². The van der Waals surface area contributed by atoms with Gasteiger partial charge in [-0.25, -0.2) is 0 Å². The van der Waals surface area contributed by atoms with Crippen molar-refractivity contribution in [3.8, 4) is 0 Å². The van der Waals surface area contributed by atoms with Gasteiger partial charge in [0.25, 0.3) is 0 Å². The average Bonchev–Trinajstić information content (AvgIpc) is 1.96. The molecule has 0 atom stereocenters. The Balaban J connectivity index is 0.000000222. The first kappa shape index (κ1) is 9.38. The fourth-order valence-electron chi connectivity index (χ4n) is 0.516. The Bertz CT molecular complexity index is 29.5. The van der Waals surface area contributed by atoms with E-state index in [9.17, 15) is 0 Å². The summed E-state index contributed by atoms with van der Waals surface area (Å²) in [5.41, 5.74) is 0. The van der Waals surface area contributed by atoms with E-state index in [1.165, 1.54) is 0 Å². The van der Waals surface area contributed by atoms with Gasteiger partial charge < -0.3 is 10.1 Å². The normalized spacial score (nSPS) is 18.8. The maximum absolute atomic E-state index is 5.01. The van der Waals surface area contributed by atoms with Gasteiger partial charge in [0.1, 0.15) is 0 Å². The van der Waals surface area contributed by atoms with E-state index in [0.717, 1.165) is 26.3 Å². The minimum atomic E-state index is 0.889. The van der Waals surface area contributed by atoms with Crippen LogP contribution in [0.25, 0.3) is 0 Å². The molecule has 0 aromatic carbocycles. The lowest BCUT2D eigenvalue weighted by atomic mass is 10.5. The molecular formula is C4H9I2NO. The summed E-state index contributed by atoms with van der Waals surface area (Å²) in [4.78, 5) is 0. The number of rotatable bonds is 0. The summed E-state index contributed by atoms with van der Waals surface area (Å²) >= 11 is 4.24. The van der Waals surface area contributed by atoms with Crippen molar-refractivity contribution in [2.24, 2.45) is 0 Å². The van der Waals surface area contributed by atoms with Crippen LogP contribution in [0.15, 0.2) is 0 Å². The third-order valence-corrected chi connectivity index (χ3v) is 0.846. The summed E-state index contributed by atoms with van der Waals surface area (Å²) in [6.07, 6.45) is 0. The van der Waals surface area contributed by atoms with Crippen LogP contribution in [0.1, 0.15) is 0 Å². The molecule has 0 aliphatic carbocycles. The first-order valence-electron chi connectivity index (χ1n) is 2.43. The molecule has 0 saturated carbocycles. The Morgan fingerprint density at radius 3 is 1.75 bits per heavy atom. The van der Waals surface area contributed by atoms with Crippen LogP contribution in [-0.2, 0) is 4.74 Å². The Morgan fingerprint density at radius 1 is 1.12 bits per heavy atom. The minimum absolute atomic E-state index is 0.889. The largest absolute Gasteiger partial charge is 0.379 e. The molecule has 1 N–H and O–H groups in total. The number of morpholine rings is 1. The molecule has 4 heteroatoms. The third kappa shape index (κ3) is 5.52. The summed E-state index contributed by atoms with van der Waals surface area (Å²) in [6.45, 7) is 3.83. The van der Waals surface area contributed by atoms with Crippen molar-refractivity contribution in [2.45, 2.75) is 0 Å². The lowest BCUT2D eigenvalue weighted by Crippen LogP contribution is -2.30. The highest BCUT2D eigenvalue weighted by Crippen LogP contribution is 1.89. The van der Waals surface area contributed by atoms with Crippen LogP contribution in [0.5, 0.6) is 0 Å². The number of hydrogen-bond donors (Lipinski definition) is 1. The van der Waals surface area contributed by atoms with Gasteiger partial charge in [-0.1, -0.05) is 0 Å². The lowest BCUT2D eigenvalue weighted by Gasteiger charge is -2.10. The Labute approximate surface area is 73.1 Å². The molecule has 1 heterocycles. The van der Waals surface area contributed by atoms with Crippen LogP contribution in [0.2, 0.25) is 0 Å². The van der Waals surface area contributed by atoms with E-state index >= 15 is 0 Å². The van der Waals surface area contributed by atoms with Gasteiger partial charge in [-0.2, -0.15) is 0 Å². The molecular weight excluding hydrogens is 332 g/mol. The zero-order chi connectivity index (χ0) is 6.24. The molecule has 1 rings (SSSR count). The molecule has 8 heavy (non-hydrogen) atoms. The maximum atomic E-state index is 5.01. The van der Waals surface area contributed by atoms with Gasteiger partial charge in [-0.05, 0) is 0 Å². The smallest absolute Gasteiger partial charge is 0.0591 e. The van der Waals surface area contributed by atoms with E-state index in [2.05, 4.69) is 42.5 Å². The number of nitrogens with one attached hydrogen (secondary N) is 1. The fraction of sp³-hybridized carbons (Fsp3) is 1.00.